The van der Waals surface area contributed by atoms with Crippen LogP contribution in [0.2, 0.25) is 0 Å². The van der Waals surface area contributed by atoms with E-state index < -0.39 is 0 Å². The molecule has 16 heavy (non-hydrogen) atoms. The van der Waals surface area contributed by atoms with Gasteiger partial charge in [0.15, 0.2) is 0 Å². The number of thioether (sulfide) groups is 1. The van der Waals surface area contributed by atoms with Gasteiger partial charge in [0.1, 0.15) is 12.0 Å². The van der Waals surface area contributed by atoms with E-state index in [1.165, 1.54) is 0 Å². The Kier molecular flexibility index (Phi) is 3.41. The number of aldehydes is 1. The fourth-order valence-electron chi connectivity index (χ4n) is 1.32. The monoisotopic (exact) mass is 233 g/mol. The maximum Gasteiger partial charge on any atom is 0.150 e. The first-order chi connectivity index (χ1) is 7.78. The molecule has 0 atom stereocenters. The van der Waals surface area contributed by atoms with Crippen molar-refractivity contribution >= 4 is 18.0 Å². The minimum absolute atomic E-state index is 0.696. The third-order valence-corrected chi connectivity index (χ3v) is 3.09. The van der Waals surface area contributed by atoms with Gasteiger partial charge in [-0.25, -0.2) is 0 Å². The largest absolute Gasteiger partial charge is 0.361 e. The summed E-state index contributed by atoms with van der Waals surface area (Å²) in [6.45, 7) is 1.87. The summed E-state index contributed by atoms with van der Waals surface area (Å²) >= 11 is 1.63. The van der Waals surface area contributed by atoms with Gasteiger partial charge in [0.05, 0.1) is 5.69 Å². The predicted molar refractivity (Wildman–Crippen MR) is 62.6 cm³/mol. The number of rotatable bonds is 4. The molecule has 0 amide bonds. The Morgan fingerprint density at radius 3 is 3.00 bits per heavy atom. The number of nitrogens with zero attached hydrogens (tertiary/aromatic N) is 1. The smallest absolute Gasteiger partial charge is 0.150 e. The van der Waals surface area contributed by atoms with Crippen molar-refractivity contribution < 1.29 is 9.32 Å². The van der Waals surface area contributed by atoms with E-state index in [0.29, 0.717) is 5.56 Å². The fraction of sp³-hybridized carbons (Fsp3) is 0.167. The van der Waals surface area contributed by atoms with Crippen LogP contribution in [0.3, 0.4) is 0 Å². The molecule has 0 N–H and O–H groups in total. The van der Waals surface area contributed by atoms with E-state index in [9.17, 15) is 4.79 Å². The van der Waals surface area contributed by atoms with Crippen molar-refractivity contribution in [3.8, 4) is 0 Å². The average molecular weight is 233 g/mol. The molecule has 1 heterocycles. The second-order valence-electron chi connectivity index (χ2n) is 3.41. The number of aromatic nitrogens is 1. The van der Waals surface area contributed by atoms with Crippen LogP contribution in [0.15, 0.2) is 39.8 Å². The van der Waals surface area contributed by atoms with Gasteiger partial charge < -0.3 is 4.52 Å². The Balaban J connectivity index is 2.01. The van der Waals surface area contributed by atoms with Gasteiger partial charge in [0, 0.05) is 22.3 Å². The molecule has 0 aliphatic carbocycles. The molecule has 1 aromatic carbocycles. The molecule has 4 heteroatoms. The standard InChI is InChI=1S/C12H11NO2S/c1-9-5-11(13-15-9)8-16-12-4-2-3-10(6-12)7-14/h2-7H,8H2,1H3. The molecule has 0 spiro atoms. The molecule has 0 fully saturated rings. The quantitative estimate of drug-likeness (QED) is 0.601. The van der Waals surface area contributed by atoms with Crippen molar-refractivity contribution in [3.05, 3.63) is 47.3 Å². The van der Waals surface area contributed by atoms with Crippen molar-refractivity contribution in [2.24, 2.45) is 0 Å². The molecular weight excluding hydrogens is 222 g/mol. The van der Waals surface area contributed by atoms with Gasteiger partial charge >= 0.3 is 0 Å². The zero-order valence-corrected chi connectivity index (χ0v) is 9.66. The van der Waals surface area contributed by atoms with Gasteiger partial charge in [-0.15, -0.1) is 11.8 Å². The number of benzene rings is 1. The molecule has 0 unspecified atom stereocenters. The van der Waals surface area contributed by atoms with Gasteiger partial charge in [-0.2, -0.15) is 0 Å². The summed E-state index contributed by atoms with van der Waals surface area (Å²) in [5.74, 6) is 1.57. The Labute approximate surface area is 97.8 Å². The minimum Gasteiger partial charge on any atom is -0.361 e. The second-order valence-corrected chi connectivity index (χ2v) is 4.46. The summed E-state index contributed by atoms with van der Waals surface area (Å²) in [4.78, 5) is 11.7. The molecule has 0 saturated carbocycles. The van der Waals surface area contributed by atoms with E-state index >= 15 is 0 Å². The van der Waals surface area contributed by atoms with E-state index in [1.54, 1.807) is 17.8 Å². The van der Waals surface area contributed by atoms with Crippen LogP contribution in [0, 0.1) is 6.92 Å². The number of aryl methyl sites for hydroxylation is 1. The van der Waals surface area contributed by atoms with Gasteiger partial charge in [-0.3, -0.25) is 4.79 Å². The molecule has 0 saturated heterocycles. The number of carbonyl (C=O) groups is 1. The predicted octanol–water partition coefficient (Wildman–Crippen LogP) is 3.09. The highest BCUT2D eigenvalue weighted by Crippen LogP contribution is 2.22. The van der Waals surface area contributed by atoms with Gasteiger partial charge in [-0.1, -0.05) is 17.3 Å². The SMILES string of the molecule is Cc1cc(CSc2cccc(C=O)c2)no1. The molecule has 0 aliphatic heterocycles. The molecule has 0 aliphatic rings. The topological polar surface area (TPSA) is 43.1 Å². The summed E-state index contributed by atoms with van der Waals surface area (Å²) in [5, 5.41) is 3.91. The van der Waals surface area contributed by atoms with Crippen LogP contribution in [0.25, 0.3) is 0 Å². The van der Waals surface area contributed by atoms with Crippen LogP contribution in [0.4, 0.5) is 0 Å². The van der Waals surface area contributed by atoms with Gasteiger partial charge in [0.2, 0.25) is 0 Å². The fourth-order valence-corrected chi connectivity index (χ4v) is 2.17. The summed E-state index contributed by atoms with van der Waals surface area (Å²) < 4.78 is 4.98. The van der Waals surface area contributed by atoms with Crippen molar-refractivity contribution in [2.45, 2.75) is 17.6 Å². The van der Waals surface area contributed by atoms with Crippen LogP contribution >= 0.6 is 11.8 Å². The highest BCUT2D eigenvalue weighted by atomic mass is 32.2. The Morgan fingerprint density at radius 1 is 1.44 bits per heavy atom. The van der Waals surface area contributed by atoms with E-state index in [4.69, 9.17) is 4.52 Å². The van der Waals surface area contributed by atoms with Crippen LogP contribution in [0.5, 0.6) is 0 Å². The van der Waals surface area contributed by atoms with E-state index in [0.717, 1.165) is 28.4 Å². The zero-order chi connectivity index (χ0) is 11.4. The van der Waals surface area contributed by atoms with Crippen molar-refractivity contribution in [3.63, 3.8) is 0 Å². The lowest BCUT2D eigenvalue weighted by Gasteiger charge is -1.99. The molecule has 2 aromatic rings. The van der Waals surface area contributed by atoms with Crippen LogP contribution in [0.1, 0.15) is 21.8 Å². The number of hydrogen-bond donors (Lipinski definition) is 0. The minimum atomic E-state index is 0.696. The lowest BCUT2D eigenvalue weighted by atomic mass is 10.2. The first-order valence-electron chi connectivity index (χ1n) is 4.88. The summed E-state index contributed by atoms with van der Waals surface area (Å²) in [7, 11) is 0. The molecule has 0 radical (unpaired) electrons. The average Bonchev–Trinajstić information content (AvgIpc) is 2.73. The third-order valence-electron chi connectivity index (χ3n) is 2.06. The van der Waals surface area contributed by atoms with Crippen LogP contribution in [-0.2, 0) is 5.75 Å². The van der Waals surface area contributed by atoms with Crippen molar-refractivity contribution in [1.82, 2.24) is 5.16 Å². The lowest BCUT2D eigenvalue weighted by molar-refractivity contribution is 0.112. The maximum absolute atomic E-state index is 10.6. The van der Waals surface area contributed by atoms with E-state index in [1.807, 2.05) is 31.2 Å². The zero-order valence-electron chi connectivity index (χ0n) is 8.84. The first-order valence-corrected chi connectivity index (χ1v) is 5.87. The first kappa shape index (κ1) is 11.0. The Hall–Kier alpha value is -1.55. The van der Waals surface area contributed by atoms with Crippen LogP contribution in [-0.4, -0.2) is 11.4 Å². The third kappa shape index (κ3) is 2.73. The Morgan fingerprint density at radius 2 is 2.31 bits per heavy atom. The van der Waals surface area contributed by atoms with Crippen LogP contribution < -0.4 is 0 Å². The normalized spacial score (nSPS) is 10.3. The lowest BCUT2D eigenvalue weighted by Crippen LogP contribution is -1.82. The van der Waals surface area contributed by atoms with Gasteiger partial charge in [-0.05, 0) is 19.1 Å². The molecule has 0 bridgehead atoms. The summed E-state index contributed by atoms with van der Waals surface area (Å²) in [6, 6.07) is 9.42. The molecule has 3 nitrogen and oxygen atoms in total. The van der Waals surface area contributed by atoms with E-state index in [-0.39, 0.29) is 0 Å². The summed E-state index contributed by atoms with van der Waals surface area (Å²) in [6.07, 6.45) is 0.851. The number of hydrogen-bond acceptors (Lipinski definition) is 4. The van der Waals surface area contributed by atoms with Crippen molar-refractivity contribution in [2.75, 3.05) is 0 Å². The molecular formula is C12H11NO2S. The number of carbonyl (C=O) groups excluding carboxylic acids is 1. The molecule has 2 rings (SSSR count). The van der Waals surface area contributed by atoms with Gasteiger partial charge in [0.25, 0.3) is 0 Å². The Bertz CT molecular complexity index is 493. The second kappa shape index (κ2) is 4.99. The molecule has 1 aromatic heterocycles. The highest BCUT2D eigenvalue weighted by Gasteiger charge is 2.02. The van der Waals surface area contributed by atoms with E-state index in [2.05, 4.69) is 5.16 Å². The summed E-state index contributed by atoms with van der Waals surface area (Å²) in [5.41, 5.74) is 1.61. The highest BCUT2D eigenvalue weighted by molar-refractivity contribution is 7.98. The molecule has 82 valence electrons. The van der Waals surface area contributed by atoms with Crippen molar-refractivity contribution in [1.29, 1.82) is 0 Å². The maximum atomic E-state index is 10.6.